The summed E-state index contributed by atoms with van der Waals surface area (Å²) in [7, 11) is 0. The van der Waals surface area contributed by atoms with Gasteiger partial charge >= 0.3 is 0 Å². The number of thioether (sulfide) groups is 1. The first-order valence-electron chi connectivity index (χ1n) is 6.96. The van der Waals surface area contributed by atoms with E-state index in [0.717, 1.165) is 35.4 Å². The first kappa shape index (κ1) is 14.5. The highest BCUT2D eigenvalue weighted by atomic mass is 32.2. The van der Waals surface area contributed by atoms with Crippen molar-refractivity contribution in [1.29, 1.82) is 0 Å². The smallest absolute Gasteiger partial charge is 0.271 e. The van der Waals surface area contributed by atoms with Crippen LogP contribution >= 0.6 is 23.1 Å². The van der Waals surface area contributed by atoms with E-state index >= 15 is 0 Å². The molecule has 1 aliphatic heterocycles. The number of hydrogen-bond donors (Lipinski definition) is 1. The number of nitrogens with zero attached hydrogens (tertiary/aromatic N) is 4. The Morgan fingerprint density at radius 2 is 2.33 bits per heavy atom. The van der Waals surface area contributed by atoms with Crippen molar-refractivity contribution in [3.8, 4) is 0 Å². The van der Waals surface area contributed by atoms with Gasteiger partial charge in [-0.05, 0) is 19.1 Å². The van der Waals surface area contributed by atoms with E-state index in [1.165, 1.54) is 24.2 Å². The summed E-state index contributed by atoms with van der Waals surface area (Å²) in [6.45, 7) is 1.35. The molecule has 0 saturated carbocycles. The number of amides is 1. The van der Waals surface area contributed by atoms with Gasteiger partial charge in [-0.3, -0.25) is 4.79 Å². The van der Waals surface area contributed by atoms with Crippen molar-refractivity contribution < 1.29 is 4.79 Å². The van der Waals surface area contributed by atoms with E-state index in [-0.39, 0.29) is 5.91 Å². The Hall–Kier alpha value is -1.41. The van der Waals surface area contributed by atoms with Crippen molar-refractivity contribution in [3.63, 3.8) is 0 Å². The topological polar surface area (TPSA) is 72.7 Å². The Labute approximate surface area is 131 Å². The lowest BCUT2D eigenvalue weighted by Gasteiger charge is -2.07. The van der Waals surface area contributed by atoms with Gasteiger partial charge in [-0.1, -0.05) is 18.2 Å². The van der Waals surface area contributed by atoms with Crippen LogP contribution in [-0.2, 0) is 19.5 Å². The number of rotatable bonds is 4. The number of nitrogens with one attached hydrogen (secondary N) is 1. The van der Waals surface area contributed by atoms with Crippen molar-refractivity contribution in [2.24, 2.45) is 0 Å². The Bertz CT molecular complexity index is 636. The van der Waals surface area contributed by atoms with E-state index in [0.29, 0.717) is 12.2 Å². The van der Waals surface area contributed by atoms with Crippen molar-refractivity contribution in [3.05, 3.63) is 22.7 Å². The number of hydrogen-bond acceptors (Lipinski definition) is 6. The summed E-state index contributed by atoms with van der Waals surface area (Å²) in [4.78, 5) is 16.3. The van der Waals surface area contributed by atoms with Gasteiger partial charge in [0.1, 0.15) is 15.9 Å². The Morgan fingerprint density at radius 1 is 1.43 bits per heavy atom. The SMILES string of the molecule is CSc1nc(C(=O)NCc2nnc3n2CCCCC3)cs1. The molecule has 1 N–H and O–H groups in total. The van der Waals surface area contributed by atoms with Crippen LogP contribution in [0.25, 0.3) is 0 Å². The molecule has 1 aliphatic rings. The van der Waals surface area contributed by atoms with E-state index in [9.17, 15) is 4.79 Å². The molecular formula is C13H17N5OS2. The van der Waals surface area contributed by atoms with Crippen LogP contribution < -0.4 is 5.32 Å². The number of aromatic nitrogens is 4. The van der Waals surface area contributed by atoms with E-state index in [4.69, 9.17) is 0 Å². The molecule has 3 heterocycles. The molecule has 0 fully saturated rings. The van der Waals surface area contributed by atoms with Crippen LogP contribution in [0.15, 0.2) is 9.72 Å². The minimum Gasteiger partial charge on any atom is -0.343 e. The van der Waals surface area contributed by atoms with Crippen LogP contribution in [0.2, 0.25) is 0 Å². The second kappa shape index (κ2) is 6.57. The standard InChI is InChI=1S/C13H17N5OS2/c1-20-13-15-9(8-21-13)12(19)14-7-11-17-16-10-5-3-2-4-6-18(10)11/h8H,2-7H2,1H3,(H,14,19). The number of aryl methyl sites for hydroxylation is 1. The largest absolute Gasteiger partial charge is 0.343 e. The number of fused-ring (bicyclic) bond motifs is 1. The molecule has 6 nitrogen and oxygen atoms in total. The molecule has 0 aliphatic carbocycles. The second-order valence-electron chi connectivity index (χ2n) is 4.88. The minimum absolute atomic E-state index is 0.155. The number of carbonyl (C=O) groups is 1. The lowest BCUT2D eigenvalue weighted by atomic mass is 10.2. The fraction of sp³-hybridized carbons (Fsp3) is 0.538. The molecule has 3 rings (SSSR count). The summed E-state index contributed by atoms with van der Waals surface area (Å²) in [5.74, 6) is 1.72. The zero-order valence-electron chi connectivity index (χ0n) is 11.8. The average molecular weight is 323 g/mol. The monoisotopic (exact) mass is 323 g/mol. The van der Waals surface area contributed by atoms with Crippen LogP contribution in [0.5, 0.6) is 0 Å². The zero-order valence-corrected chi connectivity index (χ0v) is 13.5. The molecule has 21 heavy (non-hydrogen) atoms. The lowest BCUT2D eigenvalue weighted by Crippen LogP contribution is -2.25. The summed E-state index contributed by atoms with van der Waals surface area (Å²) in [5.41, 5.74) is 0.472. The van der Waals surface area contributed by atoms with Crippen LogP contribution in [0.1, 0.15) is 41.4 Å². The maximum Gasteiger partial charge on any atom is 0.271 e. The van der Waals surface area contributed by atoms with E-state index < -0.39 is 0 Å². The fourth-order valence-electron chi connectivity index (χ4n) is 2.38. The summed E-state index contributed by atoms with van der Waals surface area (Å²) in [6.07, 6.45) is 6.47. The highest BCUT2D eigenvalue weighted by Gasteiger charge is 2.16. The normalized spacial score (nSPS) is 14.5. The molecule has 0 radical (unpaired) electrons. The van der Waals surface area contributed by atoms with Crippen molar-refractivity contribution >= 4 is 29.0 Å². The third-order valence-electron chi connectivity index (χ3n) is 3.48. The van der Waals surface area contributed by atoms with E-state index in [2.05, 4.69) is 25.1 Å². The molecule has 0 atom stereocenters. The molecule has 0 bridgehead atoms. The molecule has 112 valence electrons. The molecule has 0 aromatic carbocycles. The summed E-state index contributed by atoms with van der Waals surface area (Å²) in [6, 6.07) is 0. The van der Waals surface area contributed by atoms with Gasteiger partial charge in [-0.15, -0.1) is 21.5 Å². The van der Waals surface area contributed by atoms with Gasteiger partial charge < -0.3 is 9.88 Å². The highest BCUT2D eigenvalue weighted by molar-refractivity contribution is 8.00. The minimum atomic E-state index is -0.155. The lowest BCUT2D eigenvalue weighted by molar-refractivity contribution is 0.0944. The molecule has 0 saturated heterocycles. The summed E-state index contributed by atoms with van der Waals surface area (Å²) >= 11 is 3.03. The maximum absolute atomic E-state index is 12.1. The van der Waals surface area contributed by atoms with Crippen LogP contribution in [0.4, 0.5) is 0 Å². The van der Waals surface area contributed by atoms with Crippen molar-refractivity contribution in [2.45, 2.75) is 43.1 Å². The second-order valence-corrected chi connectivity index (χ2v) is 6.79. The molecule has 1 amide bonds. The number of thiazole rings is 1. The Balaban J connectivity index is 1.65. The van der Waals surface area contributed by atoms with Gasteiger partial charge in [0.25, 0.3) is 5.91 Å². The first-order valence-corrected chi connectivity index (χ1v) is 9.07. The van der Waals surface area contributed by atoms with Crippen LogP contribution in [-0.4, -0.2) is 31.9 Å². The average Bonchev–Trinajstić information content (AvgIpc) is 3.06. The van der Waals surface area contributed by atoms with Gasteiger partial charge in [-0.25, -0.2) is 4.98 Å². The molecule has 2 aromatic heterocycles. The van der Waals surface area contributed by atoms with Crippen molar-refractivity contribution in [2.75, 3.05) is 6.26 Å². The van der Waals surface area contributed by atoms with E-state index in [1.807, 2.05) is 6.26 Å². The Kier molecular flexibility index (Phi) is 4.54. The van der Waals surface area contributed by atoms with Crippen LogP contribution in [0.3, 0.4) is 0 Å². The van der Waals surface area contributed by atoms with Gasteiger partial charge in [0.05, 0.1) is 6.54 Å². The third kappa shape index (κ3) is 3.26. The van der Waals surface area contributed by atoms with Gasteiger partial charge in [-0.2, -0.15) is 0 Å². The molecular weight excluding hydrogens is 306 g/mol. The molecule has 8 heteroatoms. The van der Waals surface area contributed by atoms with Crippen LogP contribution in [0, 0.1) is 0 Å². The van der Waals surface area contributed by atoms with Gasteiger partial charge in [0.15, 0.2) is 5.82 Å². The van der Waals surface area contributed by atoms with Crippen molar-refractivity contribution in [1.82, 2.24) is 25.1 Å². The van der Waals surface area contributed by atoms with Gasteiger partial charge in [0.2, 0.25) is 0 Å². The third-order valence-corrected chi connectivity index (χ3v) is 5.35. The summed E-state index contributed by atoms with van der Waals surface area (Å²) < 4.78 is 3.04. The highest BCUT2D eigenvalue weighted by Crippen LogP contribution is 2.19. The first-order chi connectivity index (χ1) is 10.3. The molecule has 0 spiro atoms. The number of carbonyl (C=O) groups excluding carboxylic acids is 1. The predicted octanol–water partition coefficient (Wildman–Crippen LogP) is 2.11. The van der Waals surface area contributed by atoms with Gasteiger partial charge in [0, 0.05) is 18.3 Å². The quantitative estimate of drug-likeness (QED) is 0.873. The zero-order chi connectivity index (χ0) is 14.7. The van der Waals surface area contributed by atoms with E-state index in [1.54, 1.807) is 17.1 Å². The Morgan fingerprint density at radius 3 is 3.14 bits per heavy atom. The summed E-state index contributed by atoms with van der Waals surface area (Å²) in [5, 5.41) is 13.1. The predicted molar refractivity (Wildman–Crippen MR) is 82.6 cm³/mol. The molecule has 2 aromatic rings. The maximum atomic E-state index is 12.1. The molecule has 0 unspecified atom stereocenters. The fourth-order valence-corrected chi connectivity index (χ4v) is 3.62.